The van der Waals surface area contributed by atoms with Crippen LogP contribution in [0.15, 0.2) is 29.2 Å². The summed E-state index contributed by atoms with van der Waals surface area (Å²) in [6.45, 7) is 5.96. The van der Waals surface area contributed by atoms with Gasteiger partial charge in [0.2, 0.25) is 0 Å². The first-order valence-electron chi connectivity index (χ1n) is 7.41. The molecule has 0 aliphatic carbocycles. The number of esters is 1. The molecule has 0 radical (unpaired) electrons. The molecule has 22 heavy (non-hydrogen) atoms. The van der Waals surface area contributed by atoms with Gasteiger partial charge >= 0.3 is 5.97 Å². The van der Waals surface area contributed by atoms with Gasteiger partial charge in [0.1, 0.15) is 5.56 Å². The minimum Gasteiger partial charge on any atom is -0.462 e. The van der Waals surface area contributed by atoms with E-state index in [1.807, 2.05) is 17.6 Å². The summed E-state index contributed by atoms with van der Waals surface area (Å²) in [5, 5.41) is 0. The van der Waals surface area contributed by atoms with Crippen LogP contribution in [0.3, 0.4) is 0 Å². The molecular weight excluding hydrogens is 280 g/mol. The number of pyridine rings is 2. The Kier molecular flexibility index (Phi) is 3.56. The van der Waals surface area contributed by atoms with Crippen LogP contribution in [0.5, 0.6) is 0 Å². The highest BCUT2D eigenvalue weighted by atomic mass is 16.5. The van der Waals surface area contributed by atoms with E-state index in [1.165, 1.54) is 6.07 Å². The highest BCUT2D eigenvalue weighted by molar-refractivity contribution is 5.89. The molecular formula is C17H18N2O3. The van der Waals surface area contributed by atoms with Crippen molar-refractivity contribution in [3.63, 3.8) is 0 Å². The van der Waals surface area contributed by atoms with E-state index in [1.54, 1.807) is 13.1 Å². The van der Waals surface area contributed by atoms with Crippen molar-refractivity contribution in [1.82, 2.24) is 9.55 Å². The lowest BCUT2D eigenvalue weighted by molar-refractivity contribution is 0.0523. The third kappa shape index (κ3) is 2.32. The van der Waals surface area contributed by atoms with Crippen molar-refractivity contribution in [1.29, 1.82) is 0 Å². The molecule has 1 atom stereocenters. The molecule has 0 saturated heterocycles. The molecule has 3 heterocycles. The van der Waals surface area contributed by atoms with Gasteiger partial charge in [0, 0.05) is 24.0 Å². The second-order valence-corrected chi connectivity index (χ2v) is 5.58. The molecule has 1 aliphatic heterocycles. The summed E-state index contributed by atoms with van der Waals surface area (Å²) in [4.78, 5) is 28.7. The van der Waals surface area contributed by atoms with Crippen LogP contribution in [0, 0.1) is 6.92 Å². The molecule has 3 rings (SSSR count). The van der Waals surface area contributed by atoms with Gasteiger partial charge in [0.25, 0.3) is 0 Å². The Morgan fingerprint density at radius 1 is 1.45 bits per heavy atom. The van der Waals surface area contributed by atoms with Crippen molar-refractivity contribution >= 4 is 5.97 Å². The van der Waals surface area contributed by atoms with Crippen LogP contribution in [-0.2, 0) is 11.2 Å². The zero-order valence-corrected chi connectivity index (χ0v) is 12.9. The SMILES string of the molecule is CCOC(=O)c1cn2c(cc1=O)-c1nc(C)ccc1CC2C. The van der Waals surface area contributed by atoms with Crippen molar-refractivity contribution in [2.45, 2.75) is 33.2 Å². The fourth-order valence-corrected chi connectivity index (χ4v) is 2.85. The van der Waals surface area contributed by atoms with Crippen LogP contribution in [0.4, 0.5) is 0 Å². The molecule has 0 bridgehead atoms. The predicted molar refractivity (Wildman–Crippen MR) is 83.0 cm³/mol. The lowest BCUT2D eigenvalue weighted by atomic mass is 9.96. The fourth-order valence-electron chi connectivity index (χ4n) is 2.85. The number of hydrogen-bond donors (Lipinski definition) is 0. The van der Waals surface area contributed by atoms with Crippen molar-refractivity contribution < 1.29 is 9.53 Å². The number of ether oxygens (including phenoxy) is 1. The smallest absolute Gasteiger partial charge is 0.343 e. The van der Waals surface area contributed by atoms with Crippen LogP contribution < -0.4 is 5.43 Å². The average Bonchev–Trinajstić information content (AvgIpc) is 2.48. The molecule has 0 aromatic carbocycles. The molecule has 2 aromatic heterocycles. The number of aromatic nitrogens is 2. The quantitative estimate of drug-likeness (QED) is 0.799. The minimum atomic E-state index is -0.571. The van der Waals surface area contributed by atoms with E-state index in [-0.39, 0.29) is 23.6 Å². The van der Waals surface area contributed by atoms with Crippen molar-refractivity contribution in [3.8, 4) is 11.4 Å². The Balaban J connectivity index is 2.20. The first kappa shape index (κ1) is 14.5. The third-order valence-electron chi connectivity index (χ3n) is 3.93. The van der Waals surface area contributed by atoms with Gasteiger partial charge in [-0.2, -0.15) is 0 Å². The number of rotatable bonds is 2. The van der Waals surface area contributed by atoms with E-state index in [4.69, 9.17) is 4.74 Å². The van der Waals surface area contributed by atoms with Crippen LogP contribution in [0.2, 0.25) is 0 Å². The van der Waals surface area contributed by atoms with Crippen molar-refractivity contribution in [2.75, 3.05) is 6.61 Å². The van der Waals surface area contributed by atoms with Gasteiger partial charge in [-0.1, -0.05) is 6.07 Å². The van der Waals surface area contributed by atoms with Crippen LogP contribution in [-0.4, -0.2) is 22.1 Å². The zero-order chi connectivity index (χ0) is 15.9. The fraction of sp³-hybridized carbons (Fsp3) is 0.353. The normalized spacial score (nSPS) is 15.9. The lowest BCUT2D eigenvalue weighted by Gasteiger charge is -2.27. The van der Waals surface area contributed by atoms with Crippen molar-refractivity contribution in [3.05, 3.63) is 51.4 Å². The van der Waals surface area contributed by atoms with Crippen LogP contribution in [0.1, 0.15) is 41.5 Å². The molecule has 5 nitrogen and oxygen atoms in total. The molecule has 0 fully saturated rings. The second-order valence-electron chi connectivity index (χ2n) is 5.58. The number of carbonyl (C=O) groups excluding carboxylic acids is 1. The molecule has 1 unspecified atom stereocenters. The van der Waals surface area contributed by atoms with Gasteiger partial charge in [0.15, 0.2) is 5.43 Å². The van der Waals surface area contributed by atoms with Crippen LogP contribution in [0.25, 0.3) is 11.4 Å². The largest absolute Gasteiger partial charge is 0.462 e. The monoisotopic (exact) mass is 298 g/mol. The Hall–Kier alpha value is -2.43. The predicted octanol–water partition coefficient (Wildman–Crippen LogP) is 2.51. The van der Waals surface area contributed by atoms with E-state index >= 15 is 0 Å². The van der Waals surface area contributed by atoms with Gasteiger partial charge in [-0.15, -0.1) is 0 Å². The maximum atomic E-state index is 12.3. The third-order valence-corrected chi connectivity index (χ3v) is 3.93. The first-order valence-corrected chi connectivity index (χ1v) is 7.41. The summed E-state index contributed by atoms with van der Waals surface area (Å²) in [6, 6.07) is 5.68. The molecule has 114 valence electrons. The summed E-state index contributed by atoms with van der Waals surface area (Å²) in [6.07, 6.45) is 2.42. The number of carbonyl (C=O) groups is 1. The Morgan fingerprint density at radius 2 is 2.23 bits per heavy atom. The summed E-state index contributed by atoms with van der Waals surface area (Å²) in [5.41, 5.74) is 3.37. The van der Waals surface area contributed by atoms with Gasteiger partial charge in [-0.3, -0.25) is 9.78 Å². The van der Waals surface area contributed by atoms with Crippen LogP contribution >= 0.6 is 0 Å². The molecule has 0 amide bonds. The summed E-state index contributed by atoms with van der Waals surface area (Å²) < 4.78 is 6.90. The molecule has 0 saturated carbocycles. The maximum absolute atomic E-state index is 12.3. The molecule has 0 spiro atoms. The summed E-state index contributed by atoms with van der Waals surface area (Å²) >= 11 is 0. The van der Waals surface area contributed by atoms with E-state index < -0.39 is 5.97 Å². The maximum Gasteiger partial charge on any atom is 0.343 e. The highest BCUT2D eigenvalue weighted by Crippen LogP contribution is 2.32. The van der Waals surface area contributed by atoms with E-state index in [0.29, 0.717) is 0 Å². The van der Waals surface area contributed by atoms with Crippen molar-refractivity contribution in [2.24, 2.45) is 0 Å². The Bertz CT molecular complexity index is 808. The van der Waals surface area contributed by atoms with E-state index in [0.717, 1.165) is 29.1 Å². The second kappa shape index (κ2) is 5.40. The van der Waals surface area contributed by atoms with E-state index in [2.05, 4.69) is 18.0 Å². The number of aryl methyl sites for hydroxylation is 1. The molecule has 1 aliphatic rings. The average molecular weight is 298 g/mol. The number of nitrogens with zero attached hydrogens (tertiary/aromatic N) is 2. The molecule has 5 heteroatoms. The molecule has 0 N–H and O–H groups in total. The van der Waals surface area contributed by atoms with Gasteiger partial charge < -0.3 is 9.30 Å². The number of fused-ring (bicyclic) bond motifs is 3. The Labute approximate surface area is 128 Å². The number of hydrogen-bond acceptors (Lipinski definition) is 4. The van der Waals surface area contributed by atoms with E-state index in [9.17, 15) is 9.59 Å². The summed E-state index contributed by atoms with van der Waals surface area (Å²) in [5.74, 6) is -0.571. The highest BCUT2D eigenvalue weighted by Gasteiger charge is 2.24. The Morgan fingerprint density at radius 3 is 2.95 bits per heavy atom. The topological polar surface area (TPSA) is 61.2 Å². The standard InChI is InChI=1S/C17H18N2O3/c1-4-22-17(21)13-9-19-11(3)7-12-6-5-10(2)18-16(12)14(19)8-15(13)20/h5-6,8-9,11H,4,7H2,1-3H3. The van der Waals surface area contributed by atoms with Gasteiger partial charge in [0.05, 0.1) is 18.0 Å². The zero-order valence-electron chi connectivity index (χ0n) is 12.9. The van der Waals surface area contributed by atoms with Gasteiger partial charge in [-0.25, -0.2) is 4.79 Å². The minimum absolute atomic E-state index is 0.0774. The van der Waals surface area contributed by atoms with Gasteiger partial charge in [-0.05, 0) is 38.8 Å². The first-order chi connectivity index (χ1) is 10.5. The lowest BCUT2D eigenvalue weighted by Crippen LogP contribution is -2.25. The molecule has 2 aromatic rings. The summed E-state index contributed by atoms with van der Waals surface area (Å²) in [7, 11) is 0.